The van der Waals surface area contributed by atoms with Crippen molar-refractivity contribution in [2.45, 2.75) is 46.0 Å². The molecular weight excluding hydrogens is 256 g/mol. The van der Waals surface area contributed by atoms with Crippen molar-refractivity contribution in [1.29, 1.82) is 0 Å². The van der Waals surface area contributed by atoms with Gasteiger partial charge in [0, 0.05) is 19.5 Å². The molecule has 5 nitrogen and oxygen atoms in total. The topological polar surface area (TPSA) is 78.4 Å². The molecule has 3 atom stereocenters. The van der Waals surface area contributed by atoms with Crippen LogP contribution in [0.15, 0.2) is 0 Å². The Morgan fingerprint density at radius 3 is 2.60 bits per heavy atom. The summed E-state index contributed by atoms with van der Waals surface area (Å²) < 4.78 is 0. The Kier molecular flexibility index (Phi) is 7.59. The fourth-order valence-corrected chi connectivity index (χ4v) is 2.86. The molecule has 0 saturated carbocycles. The van der Waals surface area contributed by atoms with Crippen LogP contribution in [-0.4, -0.2) is 36.6 Å². The Morgan fingerprint density at radius 2 is 2.05 bits per heavy atom. The lowest BCUT2D eigenvalue weighted by Crippen LogP contribution is -2.35. The first-order chi connectivity index (χ1) is 9.54. The lowest BCUT2D eigenvalue weighted by Gasteiger charge is -2.18. The van der Waals surface area contributed by atoms with Crippen molar-refractivity contribution in [3.63, 3.8) is 0 Å². The van der Waals surface area contributed by atoms with Gasteiger partial charge in [0.15, 0.2) is 0 Å². The second-order valence-corrected chi connectivity index (χ2v) is 5.91. The summed E-state index contributed by atoms with van der Waals surface area (Å²) in [6, 6.07) is 0. The van der Waals surface area contributed by atoms with Gasteiger partial charge in [-0.15, -0.1) is 0 Å². The van der Waals surface area contributed by atoms with Crippen LogP contribution < -0.4 is 10.6 Å². The van der Waals surface area contributed by atoms with Gasteiger partial charge in [0.2, 0.25) is 5.91 Å². The van der Waals surface area contributed by atoms with E-state index in [-0.39, 0.29) is 18.2 Å². The Morgan fingerprint density at radius 1 is 1.30 bits per heavy atom. The number of nitrogens with one attached hydrogen (secondary N) is 2. The van der Waals surface area contributed by atoms with E-state index in [2.05, 4.69) is 24.5 Å². The third kappa shape index (κ3) is 5.90. The standard InChI is InChI=1S/C15H28N2O3/c1-3-4-12(5-6-14(18)19)7-8-17-15(20)13-10-16-9-11(13)2/h11-13,16H,3-10H2,1-2H3,(H,17,20)(H,18,19)/t11-,12?,13-/m1/s1. The zero-order valence-corrected chi connectivity index (χ0v) is 12.7. The Bertz CT molecular complexity index is 320. The smallest absolute Gasteiger partial charge is 0.303 e. The van der Waals surface area contributed by atoms with Gasteiger partial charge in [-0.25, -0.2) is 0 Å². The third-order valence-corrected chi connectivity index (χ3v) is 4.17. The largest absolute Gasteiger partial charge is 0.481 e. The molecule has 0 aromatic carbocycles. The highest BCUT2D eigenvalue weighted by Crippen LogP contribution is 2.18. The number of hydrogen-bond donors (Lipinski definition) is 3. The van der Waals surface area contributed by atoms with Crippen molar-refractivity contribution < 1.29 is 14.7 Å². The lowest BCUT2D eigenvalue weighted by atomic mass is 9.94. The molecule has 1 rings (SSSR count). The van der Waals surface area contributed by atoms with E-state index >= 15 is 0 Å². The van der Waals surface area contributed by atoms with E-state index in [4.69, 9.17) is 5.11 Å². The van der Waals surface area contributed by atoms with Crippen LogP contribution in [0.2, 0.25) is 0 Å². The first-order valence-electron chi connectivity index (χ1n) is 7.74. The second-order valence-electron chi connectivity index (χ2n) is 5.91. The molecule has 0 aliphatic carbocycles. The molecule has 1 fully saturated rings. The number of amides is 1. The fraction of sp³-hybridized carbons (Fsp3) is 0.867. The molecule has 116 valence electrons. The molecule has 1 saturated heterocycles. The monoisotopic (exact) mass is 284 g/mol. The van der Waals surface area contributed by atoms with Crippen LogP contribution in [0.25, 0.3) is 0 Å². The summed E-state index contributed by atoms with van der Waals surface area (Å²) in [4.78, 5) is 22.6. The summed E-state index contributed by atoms with van der Waals surface area (Å²) in [5.41, 5.74) is 0. The molecule has 0 aromatic rings. The summed E-state index contributed by atoms with van der Waals surface area (Å²) in [7, 11) is 0. The van der Waals surface area contributed by atoms with Gasteiger partial charge < -0.3 is 15.7 Å². The highest BCUT2D eigenvalue weighted by molar-refractivity contribution is 5.79. The first-order valence-corrected chi connectivity index (χ1v) is 7.74. The second kappa shape index (κ2) is 8.95. The van der Waals surface area contributed by atoms with E-state index in [1.807, 2.05) is 0 Å². The van der Waals surface area contributed by atoms with Gasteiger partial charge >= 0.3 is 5.97 Å². The Balaban J connectivity index is 2.25. The minimum atomic E-state index is -0.735. The Labute approximate surface area is 121 Å². The molecule has 1 heterocycles. The quantitative estimate of drug-likeness (QED) is 0.601. The molecule has 1 amide bonds. The molecule has 1 aliphatic rings. The number of aliphatic carboxylic acids is 1. The molecular formula is C15H28N2O3. The molecule has 1 unspecified atom stereocenters. The van der Waals surface area contributed by atoms with Crippen LogP contribution in [0.3, 0.4) is 0 Å². The molecule has 0 bridgehead atoms. The van der Waals surface area contributed by atoms with Crippen LogP contribution in [0.1, 0.15) is 46.0 Å². The van der Waals surface area contributed by atoms with Gasteiger partial charge in [0.05, 0.1) is 5.92 Å². The van der Waals surface area contributed by atoms with Crippen molar-refractivity contribution in [2.75, 3.05) is 19.6 Å². The van der Waals surface area contributed by atoms with Crippen LogP contribution in [0.5, 0.6) is 0 Å². The van der Waals surface area contributed by atoms with Gasteiger partial charge in [0.1, 0.15) is 0 Å². The van der Waals surface area contributed by atoms with Gasteiger partial charge in [-0.3, -0.25) is 9.59 Å². The molecule has 5 heteroatoms. The summed E-state index contributed by atoms with van der Waals surface area (Å²) in [5.74, 6) is 0.277. The van der Waals surface area contributed by atoms with Crippen LogP contribution >= 0.6 is 0 Å². The first kappa shape index (κ1) is 17.0. The van der Waals surface area contributed by atoms with Crippen LogP contribution in [0.4, 0.5) is 0 Å². The highest BCUT2D eigenvalue weighted by atomic mass is 16.4. The molecule has 0 aromatic heterocycles. The normalized spacial score (nSPS) is 23.5. The van der Waals surface area contributed by atoms with E-state index in [9.17, 15) is 9.59 Å². The number of rotatable bonds is 9. The summed E-state index contributed by atoms with van der Waals surface area (Å²) in [5, 5.41) is 15.0. The predicted octanol–water partition coefficient (Wildman–Crippen LogP) is 1.63. The molecule has 1 aliphatic heterocycles. The van der Waals surface area contributed by atoms with Gasteiger partial charge in [0.25, 0.3) is 0 Å². The van der Waals surface area contributed by atoms with Gasteiger partial charge in [-0.1, -0.05) is 26.7 Å². The summed E-state index contributed by atoms with van der Waals surface area (Å²) in [6.45, 7) is 6.54. The summed E-state index contributed by atoms with van der Waals surface area (Å²) in [6.07, 6.45) is 3.90. The van der Waals surface area contributed by atoms with Gasteiger partial charge in [-0.2, -0.15) is 0 Å². The van der Waals surface area contributed by atoms with Crippen molar-refractivity contribution in [2.24, 2.45) is 17.8 Å². The maximum Gasteiger partial charge on any atom is 0.303 e. The lowest BCUT2D eigenvalue weighted by molar-refractivity contribution is -0.137. The molecule has 20 heavy (non-hydrogen) atoms. The highest BCUT2D eigenvalue weighted by Gasteiger charge is 2.29. The summed E-state index contributed by atoms with van der Waals surface area (Å²) >= 11 is 0. The predicted molar refractivity (Wildman–Crippen MR) is 78.4 cm³/mol. The number of carboxylic acids is 1. The number of carbonyl (C=O) groups excluding carboxylic acids is 1. The van der Waals surface area contributed by atoms with Gasteiger partial charge in [-0.05, 0) is 31.2 Å². The number of carboxylic acid groups (broad SMARTS) is 1. The fourth-order valence-electron chi connectivity index (χ4n) is 2.86. The zero-order valence-electron chi connectivity index (χ0n) is 12.7. The number of carbonyl (C=O) groups is 2. The zero-order chi connectivity index (χ0) is 15.0. The maximum atomic E-state index is 12.0. The SMILES string of the molecule is CCCC(CCNC(=O)[C@@H]1CNC[C@H]1C)CCC(=O)O. The average molecular weight is 284 g/mol. The maximum absolute atomic E-state index is 12.0. The minimum Gasteiger partial charge on any atom is -0.481 e. The van der Waals surface area contributed by atoms with Crippen LogP contribution in [-0.2, 0) is 9.59 Å². The van der Waals surface area contributed by atoms with E-state index < -0.39 is 5.97 Å². The van der Waals surface area contributed by atoms with Crippen molar-refractivity contribution in [3.8, 4) is 0 Å². The number of hydrogen-bond acceptors (Lipinski definition) is 3. The Hall–Kier alpha value is -1.10. The third-order valence-electron chi connectivity index (χ3n) is 4.17. The molecule has 3 N–H and O–H groups in total. The molecule has 0 spiro atoms. The van der Waals surface area contributed by atoms with Crippen molar-refractivity contribution in [3.05, 3.63) is 0 Å². The van der Waals surface area contributed by atoms with E-state index in [0.29, 0.717) is 24.8 Å². The molecule has 0 radical (unpaired) electrons. The average Bonchev–Trinajstić information content (AvgIpc) is 2.82. The van der Waals surface area contributed by atoms with E-state index in [0.717, 1.165) is 32.4 Å². The van der Waals surface area contributed by atoms with E-state index in [1.54, 1.807) is 0 Å². The minimum absolute atomic E-state index is 0.0821. The van der Waals surface area contributed by atoms with Crippen molar-refractivity contribution in [1.82, 2.24) is 10.6 Å². The van der Waals surface area contributed by atoms with E-state index in [1.165, 1.54) is 0 Å². The van der Waals surface area contributed by atoms with Crippen molar-refractivity contribution >= 4 is 11.9 Å². The van der Waals surface area contributed by atoms with Crippen LogP contribution in [0, 0.1) is 17.8 Å².